The average Bonchev–Trinajstić information content (AvgIpc) is 2.91. The molecule has 0 fully saturated rings. The summed E-state index contributed by atoms with van der Waals surface area (Å²) < 4.78 is 21.6. The first-order valence-electron chi connectivity index (χ1n) is 11.3. The van der Waals surface area contributed by atoms with Crippen molar-refractivity contribution >= 4 is 22.5 Å². The largest absolute Gasteiger partial charge is 0.497 e. The Balaban J connectivity index is 1.84. The first-order chi connectivity index (χ1) is 17.4. The molecular weight excluding hydrogens is 460 g/mol. The molecule has 0 atom stereocenters. The number of methoxy groups -OCH3 is 4. The van der Waals surface area contributed by atoms with E-state index in [1.54, 1.807) is 43.5 Å². The summed E-state index contributed by atoms with van der Waals surface area (Å²) in [6, 6.07) is 17.9. The highest BCUT2D eigenvalue weighted by Gasteiger charge is 2.24. The number of carbonyl (C=O) groups excluding carboxylic acids is 1. The number of para-hydroxylation sites is 1. The van der Waals surface area contributed by atoms with E-state index in [-0.39, 0.29) is 18.0 Å². The van der Waals surface area contributed by atoms with Crippen molar-refractivity contribution in [3.05, 3.63) is 87.7 Å². The van der Waals surface area contributed by atoms with Gasteiger partial charge in [-0.2, -0.15) is 0 Å². The van der Waals surface area contributed by atoms with Gasteiger partial charge in [0.05, 0.1) is 40.5 Å². The SMILES string of the molecule is COc1cccc(N(Cc2cc3cccc(C)c3[nH]c2=O)C(=O)c2cc(OC)c(OC)c(OC)c2)c1. The smallest absolute Gasteiger partial charge is 0.258 e. The van der Waals surface area contributed by atoms with Crippen molar-refractivity contribution in [1.82, 2.24) is 4.98 Å². The Morgan fingerprint density at radius 1 is 0.861 bits per heavy atom. The van der Waals surface area contributed by atoms with Crippen LogP contribution in [0.5, 0.6) is 23.0 Å². The van der Waals surface area contributed by atoms with Crippen LogP contribution in [-0.4, -0.2) is 39.3 Å². The number of hydrogen-bond donors (Lipinski definition) is 1. The summed E-state index contributed by atoms with van der Waals surface area (Å²) in [7, 11) is 6.03. The van der Waals surface area contributed by atoms with E-state index in [0.717, 1.165) is 16.5 Å². The molecular formula is C28H28N2O6. The molecule has 0 spiro atoms. The number of aryl methyl sites for hydroxylation is 1. The molecule has 0 aliphatic heterocycles. The molecule has 36 heavy (non-hydrogen) atoms. The van der Waals surface area contributed by atoms with E-state index in [9.17, 15) is 9.59 Å². The van der Waals surface area contributed by atoms with Crippen LogP contribution in [0.2, 0.25) is 0 Å². The predicted molar refractivity (Wildman–Crippen MR) is 139 cm³/mol. The molecule has 0 aliphatic rings. The average molecular weight is 489 g/mol. The van der Waals surface area contributed by atoms with Crippen molar-refractivity contribution in [2.45, 2.75) is 13.5 Å². The second-order valence-corrected chi connectivity index (χ2v) is 8.17. The summed E-state index contributed by atoms with van der Waals surface area (Å²) in [4.78, 5) is 31.5. The maximum absolute atomic E-state index is 13.9. The molecule has 0 radical (unpaired) electrons. The van der Waals surface area contributed by atoms with Gasteiger partial charge in [0, 0.05) is 22.9 Å². The quantitative estimate of drug-likeness (QED) is 0.386. The van der Waals surface area contributed by atoms with Crippen molar-refractivity contribution in [2.24, 2.45) is 0 Å². The third-order valence-electron chi connectivity index (χ3n) is 6.02. The Morgan fingerprint density at radius 2 is 1.56 bits per heavy atom. The van der Waals surface area contributed by atoms with Gasteiger partial charge in [-0.25, -0.2) is 0 Å². The highest BCUT2D eigenvalue weighted by atomic mass is 16.5. The Morgan fingerprint density at radius 3 is 2.19 bits per heavy atom. The fourth-order valence-corrected chi connectivity index (χ4v) is 4.14. The minimum atomic E-state index is -0.355. The molecule has 4 aromatic rings. The number of fused-ring (bicyclic) bond motifs is 1. The summed E-state index contributed by atoms with van der Waals surface area (Å²) in [5, 5.41) is 0.885. The van der Waals surface area contributed by atoms with Crippen LogP contribution in [0.4, 0.5) is 5.69 Å². The maximum Gasteiger partial charge on any atom is 0.258 e. The topological polar surface area (TPSA) is 90.1 Å². The molecule has 1 heterocycles. The number of anilines is 1. The zero-order chi connectivity index (χ0) is 25.8. The predicted octanol–water partition coefficient (Wildman–Crippen LogP) is 4.72. The second kappa shape index (κ2) is 10.4. The van der Waals surface area contributed by atoms with Crippen LogP contribution in [0.3, 0.4) is 0 Å². The van der Waals surface area contributed by atoms with Crippen LogP contribution in [0.25, 0.3) is 10.9 Å². The minimum Gasteiger partial charge on any atom is -0.497 e. The monoisotopic (exact) mass is 488 g/mol. The molecule has 8 heteroatoms. The molecule has 0 saturated heterocycles. The highest BCUT2D eigenvalue weighted by molar-refractivity contribution is 6.07. The van der Waals surface area contributed by atoms with E-state index in [4.69, 9.17) is 18.9 Å². The lowest BCUT2D eigenvalue weighted by Crippen LogP contribution is -2.33. The second-order valence-electron chi connectivity index (χ2n) is 8.17. The molecule has 1 aromatic heterocycles. The van der Waals surface area contributed by atoms with Gasteiger partial charge in [-0.05, 0) is 48.2 Å². The van der Waals surface area contributed by atoms with Crippen LogP contribution in [-0.2, 0) is 6.54 Å². The number of nitrogens with zero attached hydrogens (tertiary/aromatic N) is 1. The fraction of sp³-hybridized carbons (Fsp3) is 0.214. The highest BCUT2D eigenvalue weighted by Crippen LogP contribution is 2.39. The van der Waals surface area contributed by atoms with Gasteiger partial charge >= 0.3 is 0 Å². The van der Waals surface area contributed by atoms with Crippen molar-refractivity contribution in [3.63, 3.8) is 0 Å². The Bertz CT molecular complexity index is 1450. The van der Waals surface area contributed by atoms with E-state index in [2.05, 4.69) is 4.98 Å². The van der Waals surface area contributed by atoms with Crippen LogP contribution in [0, 0.1) is 6.92 Å². The zero-order valence-corrected chi connectivity index (χ0v) is 20.9. The lowest BCUT2D eigenvalue weighted by molar-refractivity contribution is 0.0984. The number of benzene rings is 3. The van der Waals surface area contributed by atoms with Crippen LogP contribution in [0.1, 0.15) is 21.5 Å². The molecule has 3 aromatic carbocycles. The van der Waals surface area contributed by atoms with Gasteiger partial charge in [0.2, 0.25) is 5.75 Å². The molecule has 0 saturated carbocycles. The molecule has 1 N–H and O–H groups in total. The number of hydrogen-bond acceptors (Lipinski definition) is 6. The van der Waals surface area contributed by atoms with Crippen molar-refractivity contribution in [1.29, 1.82) is 0 Å². The molecule has 4 rings (SSSR count). The van der Waals surface area contributed by atoms with Crippen LogP contribution < -0.4 is 29.4 Å². The van der Waals surface area contributed by atoms with Crippen LogP contribution >= 0.6 is 0 Å². The van der Waals surface area contributed by atoms with Crippen molar-refractivity contribution in [3.8, 4) is 23.0 Å². The molecule has 0 aliphatic carbocycles. The first-order valence-corrected chi connectivity index (χ1v) is 11.3. The van der Waals surface area contributed by atoms with E-state index < -0.39 is 0 Å². The van der Waals surface area contributed by atoms with Gasteiger partial charge in [0.1, 0.15) is 5.75 Å². The molecule has 0 bridgehead atoms. The summed E-state index contributed by atoms with van der Waals surface area (Å²) in [6.07, 6.45) is 0. The summed E-state index contributed by atoms with van der Waals surface area (Å²) in [5.74, 6) is 1.31. The summed E-state index contributed by atoms with van der Waals surface area (Å²) in [5.41, 5.74) is 2.79. The van der Waals surface area contributed by atoms with Gasteiger partial charge in [0.25, 0.3) is 11.5 Å². The lowest BCUT2D eigenvalue weighted by Gasteiger charge is -2.24. The number of amides is 1. The van der Waals surface area contributed by atoms with E-state index in [1.807, 2.05) is 31.2 Å². The third kappa shape index (κ3) is 4.70. The van der Waals surface area contributed by atoms with Crippen molar-refractivity contribution < 1.29 is 23.7 Å². The fourth-order valence-electron chi connectivity index (χ4n) is 4.14. The minimum absolute atomic E-state index is 0.0296. The van der Waals surface area contributed by atoms with Gasteiger partial charge in [-0.15, -0.1) is 0 Å². The zero-order valence-electron chi connectivity index (χ0n) is 20.9. The maximum atomic E-state index is 13.9. The third-order valence-corrected chi connectivity index (χ3v) is 6.02. The molecule has 0 unspecified atom stereocenters. The number of aromatic nitrogens is 1. The number of aromatic amines is 1. The van der Waals surface area contributed by atoms with E-state index >= 15 is 0 Å². The number of carbonyl (C=O) groups is 1. The van der Waals surface area contributed by atoms with E-state index in [0.29, 0.717) is 39.8 Å². The van der Waals surface area contributed by atoms with Crippen LogP contribution in [0.15, 0.2) is 65.5 Å². The number of ether oxygens (including phenoxy) is 4. The Labute approximate surface area is 209 Å². The standard InChI is InChI=1S/C28H28N2O6/c1-17-8-6-9-18-12-20(27(31)29-25(17)18)16-30(21-10-7-11-22(15-21)33-2)28(32)19-13-23(34-3)26(36-5)24(14-19)35-4/h6-15H,16H2,1-5H3,(H,29,31). The van der Waals surface area contributed by atoms with Gasteiger partial charge < -0.3 is 28.8 Å². The number of nitrogens with one attached hydrogen (secondary N) is 1. The molecule has 186 valence electrons. The lowest BCUT2D eigenvalue weighted by atomic mass is 10.1. The summed E-state index contributed by atoms with van der Waals surface area (Å²) in [6.45, 7) is 1.97. The molecule has 8 nitrogen and oxygen atoms in total. The van der Waals surface area contributed by atoms with Crippen molar-refractivity contribution in [2.75, 3.05) is 33.3 Å². The number of pyridine rings is 1. The molecule has 1 amide bonds. The number of rotatable bonds is 8. The Kier molecular flexibility index (Phi) is 7.15. The number of H-pyrrole nitrogens is 1. The summed E-state index contributed by atoms with van der Waals surface area (Å²) >= 11 is 0. The van der Waals surface area contributed by atoms with Gasteiger partial charge in [0.15, 0.2) is 11.5 Å². The van der Waals surface area contributed by atoms with Gasteiger partial charge in [-0.3, -0.25) is 9.59 Å². The Hall–Kier alpha value is -4.46. The van der Waals surface area contributed by atoms with E-state index in [1.165, 1.54) is 26.2 Å². The first kappa shape index (κ1) is 24.7. The normalized spacial score (nSPS) is 10.7. The van der Waals surface area contributed by atoms with Gasteiger partial charge in [-0.1, -0.05) is 24.3 Å².